The molecule has 3 heteroatoms. The van der Waals surface area contributed by atoms with E-state index in [0.29, 0.717) is 5.69 Å². The lowest BCUT2D eigenvalue weighted by atomic mass is 10.3. The summed E-state index contributed by atoms with van der Waals surface area (Å²) in [5, 5.41) is 15.5. The highest BCUT2D eigenvalue weighted by Crippen LogP contribution is 2.24. The Balaban J connectivity index is 2.43. The molecule has 0 saturated heterocycles. The molecule has 1 aliphatic rings. The van der Waals surface area contributed by atoms with Crippen molar-refractivity contribution < 1.29 is 0 Å². The third-order valence-corrected chi connectivity index (χ3v) is 1.74. The van der Waals surface area contributed by atoms with Gasteiger partial charge in [0.05, 0.1) is 6.21 Å². The van der Waals surface area contributed by atoms with E-state index in [1.165, 1.54) is 12.4 Å². The van der Waals surface area contributed by atoms with E-state index < -0.39 is 4.76 Å². The van der Waals surface area contributed by atoms with Gasteiger partial charge >= 0.3 is 0 Å². The quantitative estimate of drug-likeness (QED) is 0.457. The minimum Gasteiger partial charge on any atom is -0.595 e. The molecule has 1 unspecified atom stereocenters. The molecule has 1 aromatic rings. The van der Waals surface area contributed by atoms with Crippen molar-refractivity contribution in [1.82, 2.24) is 4.76 Å². The van der Waals surface area contributed by atoms with E-state index in [-0.39, 0.29) is 0 Å². The highest BCUT2D eigenvalue weighted by molar-refractivity contribution is 5.75. The molecule has 1 atom stereocenters. The standard InChI is InChI=1S/C9H8N2O/c12-11(8-4-7-10-11)9-5-2-1-3-6-9/h1-8H. The maximum Gasteiger partial charge on any atom is 0.164 e. The van der Waals surface area contributed by atoms with Crippen LogP contribution in [0.2, 0.25) is 0 Å². The van der Waals surface area contributed by atoms with E-state index in [1.807, 2.05) is 18.2 Å². The fourth-order valence-electron chi connectivity index (χ4n) is 1.13. The first-order valence-corrected chi connectivity index (χ1v) is 3.70. The van der Waals surface area contributed by atoms with Crippen LogP contribution in [0.15, 0.2) is 47.7 Å². The smallest absolute Gasteiger partial charge is 0.164 e. The number of nitrogens with zero attached hydrogens (tertiary/aromatic N) is 2. The van der Waals surface area contributed by atoms with Gasteiger partial charge in [-0.3, -0.25) is 0 Å². The number of hydrogen-bond acceptors (Lipinski definition) is 2. The number of hydroxylamine groups is 1. The zero-order valence-electron chi connectivity index (χ0n) is 6.42. The first-order chi connectivity index (χ1) is 5.81. The highest BCUT2D eigenvalue weighted by atomic mass is 16.6. The van der Waals surface area contributed by atoms with Gasteiger partial charge in [0.15, 0.2) is 5.69 Å². The molecule has 1 aromatic carbocycles. The molecule has 3 nitrogen and oxygen atoms in total. The molecule has 0 saturated carbocycles. The van der Waals surface area contributed by atoms with Gasteiger partial charge in [-0.1, -0.05) is 23.3 Å². The summed E-state index contributed by atoms with van der Waals surface area (Å²) in [6.07, 6.45) is 4.66. The van der Waals surface area contributed by atoms with Crippen molar-refractivity contribution in [2.75, 3.05) is 0 Å². The maximum atomic E-state index is 11.8. The summed E-state index contributed by atoms with van der Waals surface area (Å²) in [6, 6.07) is 9.06. The van der Waals surface area contributed by atoms with Crippen LogP contribution in [0.4, 0.5) is 5.69 Å². The lowest BCUT2D eigenvalue weighted by Crippen LogP contribution is -2.27. The molecule has 1 aliphatic heterocycles. The number of para-hydroxylation sites is 1. The van der Waals surface area contributed by atoms with E-state index in [2.05, 4.69) is 5.10 Å². The fourth-order valence-corrected chi connectivity index (χ4v) is 1.13. The van der Waals surface area contributed by atoms with Gasteiger partial charge in [-0.2, -0.15) is 4.76 Å². The van der Waals surface area contributed by atoms with Crippen LogP contribution in [-0.4, -0.2) is 6.21 Å². The third-order valence-electron chi connectivity index (χ3n) is 1.74. The summed E-state index contributed by atoms with van der Waals surface area (Å²) in [6.45, 7) is 0. The van der Waals surface area contributed by atoms with Gasteiger partial charge in [-0.05, 0) is 0 Å². The molecule has 0 fully saturated rings. The Labute approximate surface area is 70.4 Å². The van der Waals surface area contributed by atoms with Crippen LogP contribution in [0, 0.1) is 5.21 Å². The number of allylic oxidation sites excluding steroid dienone is 1. The van der Waals surface area contributed by atoms with Gasteiger partial charge in [0, 0.05) is 18.2 Å². The minimum atomic E-state index is -0.721. The predicted octanol–water partition coefficient (Wildman–Crippen LogP) is 2.00. The Morgan fingerprint density at radius 3 is 2.50 bits per heavy atom. The van der Waals surface area contributed by atoms with Crippen LogP contribution in [0.5, 0.6) is 0 Å². The summed E-state index contributed by atoms with van der Waals surface area (Å²) in [5.74, 6) is 0. The van der Waals surface area contributed by atoms with Crippen molar-refractivity contribution in [1.29, 1.82) is 0 Å². The Morgan fingerprint density at radius 2 is 1.92 bits per heavy atom. The molecule has 0 amide bonds. The zero-order valence-corrected chi connectivity index (χ0v) is 6.42. The van der Waals surface area contributed by atoms with Crippen molar-refractivity contribution >= 4 is 11.9 Å². The van der Waals surface area contributed by atoms with Crippen LogP contribution in [0.1, 0.15) is 0 Å². The Hall–Kier alpha value is -1.45. The summed E-state index contributed by atoms with van der Waals surface area (Å²) in [7, 11) is 0. The number of benzene rings is 1. The summed E-state index contributed by atoms with van der Waals surface area (Å²) >= 11 is 0. The monoisotopic (exact) mass is 160 g/mol. The molecule has 12 heavy (non-hydrogen) atoms. The first-order valence-electron chi connectivity index (χ1n) is 3.70. The molecule has 0 radical (unpaired) electrons. The lowest BCUT2D eigenvalue weighted by molar-refractivity contribution is 0.540. The maximum absolute atomic E-state index is 11.8. The van der Waals surface area contributed by atoms with E-state index in [4.69, 9.17) is 0 Å². The van der Waals surface area contributed by atoms with Crippen LogP contribution in [0.25, 0.3) is 0 Å². The van der Waals surface area contributed by atoms with Crippen molar-refractivity contribution in [2.45, 2.75) is 0 Å². The van der Waals surface area contributed by atoms with Crippen LogP contribution in [0.3, 0.4) is 0 Å². The fraction of sp³-hybridized carbons (Fsp3) is 0. The van der Waals surface area contributed by atoms with Gasteiger partial charge < -0.3 is 5.21 Å². The zero-order chi connectivity index (χ0) is 8.44. The van der Waals surface area contributed by atoms with Gasteiger partial charge in [0.2, 0.25) is 0 Å². The van der Waals surface area contributed by atoms with E-state index >= 15 is 0 Å². The molecule has 0 aromatic heterocycles. The van der Waals surface area contributed by atoms with Gasteiger partial charge in [0.1, 0.15) is 6.20 Å². The average molecular weight is 160 g/mol. The Morgan fingerprint density at radius 1 is 1.17 bits per heavy atom. The first kappa shape index (κ1) is 7.21. The molecule has 0 spiro atoms. The molecule has 0 bridgehead atoms. The second-order valence-electron chi connectivity index (χ2n) is 2.56. The summed E-state index contributed by atoms with van der Waals surface area (Å²) in [5.41, 5.74) is 0.627. The molecule has 0 N–H and O–H groups in total. The van der Waals surface area contributed by atoms with Crippen molar-refractivity contribution in [2.24, 2.45) is 5.10 Å². The largest absolute Gasteiger partial charge is 0.595 e. The normalized spacial score (nSPS) is 26.4. The lowest BCUT2D eigenvalue weighted by Gasteiger charge is -2.28. The van der Waals surface area contributed by atoms with E-state index in [1.54, 1.807) is 18.2 Å². The van der Waals surface area contributed by atoms with Crippen LogP contribution >= 0.6 is 0 Å². The molecule has 2 rings (SSSR count). The molecule has 60 valence electrons. The minimum absolute atomic E-state index is 0.627. The number of hydrogen-bond donors (Lipinski definition) is 0. The summed E-state index contributed by atoms with van der Waals surface area (Å²) in [4.78, 5) is 0. The van der Waals surface area contributed by atoms with Crippen molar-refractivity contribution in [3.8, 4) is 0 Å². The molecular formula is C9H8N2O. The molecular weight excluding hydrogens is 152 g/mol. The van der Waals surface area contributed by atoms with Crippen molar-refractivity contribution in [3.63, 3.8) is 0 Å². The average Bonchev–Trinajstić information content (AvgIpc) is 2.55. The second-order valence-corrected chi connectivity index (χ2v) is 2.56. The third kappa shape index (κ3) is 1.05. The molecule has 0 aliphatic carbocycles. The van der Waals surface area contributed by atoms with E-state index in [0.717, 1.165) is 0 Å². The van der Waals surface area contributed by atoms with E-state index in [9.17, 15) is 5.21 Å². The van der Waals surface area contributed by atoms with Crippen molar-refractivity contribution in [3.05, 3.63) is 47.8 Å². The Kier molecular flexibility index (Phi) is 1.53. The number of quaternary nitrogens is 1. The van der Waals surface area contributed by atoms with Crippen LogP contribution < -0.4 is 4.76 Å². The SMILES string of the molecule is [O-][N+]1(c2ccccc2)C=CC=N1. The van der Waals surface area contributed by atoms with Gasteiger partial charge in [-0.15, -0.1) is 0 Å². The number of rotatable bonds is 1. The van der Waals surface area contributed by atoms with Gasteiger partial charge in [-0.25, -0.2) is 0 Å². The van der Waals surface area contributed by atoms with Crippen LogP contribution in [-0.2, 0) is 0 Å². The topological polar surface area (TPSA) is 35.4 Å². The summed E-state index contributed by atoms with van der Waals surface area (Å²) < 4.78 is -0.721. The highest BCUT2D eigenvalue weighted by Gasteiger charge is 2.18. The van der Waals surface area contributed by atoms with Gasteiger partial charge in [0.25, 0.3) is 0 Å². The second kappa shape index (κ2) is 2.55. The molecule has 1 heterocycles. The Bertz CT molecular complexity index is 318. The predicted molar refractivity (Wildman–Crippen MR) is 49.2 cm³/mol.